The molecule has 0 aromatic heterocycles. The van der Waals surface area contributed by atoms with Gasteiger partial charge >= 0.3 is 0 Å². The van der Waals surface area contributed by atoms with Crippen LogP contribution in [0, 0.1) is 5.92 Å². The van der Waals surface area contributed by atoms with Gasteiger partial charge in [0.2, 0.25) is 0 Å². The molecule has 1 heterocycles. The highest BCUT2D eigenvalue weighted by Crippen LogP contribution is 2.36. The minimum atomic E-state index is -1.02. The molecule has 4 heteroatoms. The molecule has 10 heavy (non-hydrogen) atoms. The Labute approximate surface area is 68.8 Å². The van der Waals surface area contributed by atoms with Gasteiger partial charge in [0.05, 0.1) is 13.5 Å². The van der Waals surface area contributed by atoms with Crippen molar-refractivity contribution in [2.45, 2.75) is 26.3 Å². The van der Waals surface area contributed by atoms with Gasteiger partial charge in [-0.15, -0.1) is 0 Å². The summed E-state index contributed by atoms with van der Waals surface area (Å²) in [5.74, 6) is 0.740. The van der Waals surface area contributed by atoms with Crippen LogP contribution in [0.25, 0.3) is 0 Å². The van der Waals surface area contributed by atoms with Gasteiger partial charge in [-0.05, 0) is 12.3 Å². The fourth-order valence-corrected chi connectivity index (χ4v) is 2.80. The van der Waals surface area contributed by atoms with Crippen molar-refractivity contribution >= 4 is 19.7 Å². The molecule has 1 fully saturated rings. The van der Waals surface area contributed by atoms with Gasteiger partial charge in [0.15, 0.2) is 0 Å². The molecule has 0 spiro atoms. The second-order valence-corrected chi connectivity index (χ2v) is 5.33. The topological polar surface area (TPSA) is 21.3 Å². The fourth-order valence-electron chi connectivity index (χ4n) is 1.12. The maximum atomic E-state index is 5.27. The molecule has 1 rings (SSSR count). The van der Waals surface area contributed by atoms with Gasteiger partial charge in [0.1, 0.15) is 6.61 Å². The standard InChI is InChI=1S/C6H14NOPS/c1-5(2)3-6-4-8-9(10)7-6/h5-7,9H,3-4H2,1-2H3. The first-order valence-corrected chi connectivity index (χ1v) is 6.16. The third kappa shape index (κ3) is 2.75. The molecule has 0 aromatic carbocycles. The Morgan fingerprint density at radius 3 is 2.90 bits per heavy atom. The van der Waals surface area contributed by atoms with Gasteiger partial charge < -0.3 is 12.2 Å². The number of hydrogen-bond acceptors (Lipinski definition) is 3. The van der Waals surface area contributed by atoms with E-state index in [9.17, 15) is 0 Å². The molecule has 2 nitrogen and oxygen atoms in total. The predicted octanol–water partition coefficient (Wildman–Crippen LogP) is 1.53. The maximum absolute atomic E-state index is 5.27. The van der Waals surface area contributed by atoms with E-state index in [1.54, 1.807) is 0 Å². The third-order valence-electron chi connectivity index (χ3n) is 1.49. The van der Waals surface area contributed by atoms with E-state index in [4.69, 9.17) is 16.8 Å². The minimum absolute atomic E-state index is 0.534. The van der Waals surface area contributed by atoms with E-state index < -0.39 is 7.50 Å². The Hall–Kier alpha value is 0.700. The summed E-state index contributed by atoms with van der Waals surface area (Å²) < 4.78 is 5.27. The van der Waals surface area contributed by atoms with E-state index in [0.29, 0.717) is 6.04 Å². The molecule has 2 atom stereocenters. The number of rotatable bonds is 2. The van der Waals surface area contributed by atoms with Gasteiger partial charge in [-0.25, -0.2) is 4.52 Å². The first kappa shape index (κ1) is 8.79. The molecule has 1 aliphatic rings. The predicted molar refractivity (Wildman–Crippen MR) is 48.0 cm³/mol. The molecule has 0 saturated carbocycles. The van der Waals surface area contributed by atoms with Crippen molar-refractivity contribution in [1.82, 2.24) is 5.09 Å². The van der Waals surface area contributed by atoms with E-state index in [1.807, 2.05) is 0 Å². The fraction of sp³-hybridized carbons (Fsp3) is 1.00. The summed E-state index contributed by atoms with van der Waals surface area (Å²) in [5.41, 5.74) is 0. The molecule has 0 bridgehead atoms. The first-order valence-electron chi connectivity index (χ1n) is 3.62. The summed E-state index contributed by atoms with van der Waals surface area (Å²) in [6, 6.07) is 0.534. The van der Waals surface area contributed by atoms with Gasteiger partial charge in [-0.1, -0.05) is 13.8 Å². The lowest BCUT2D eigenvalue weighted by Crippen LogP contribution is -2.22. The summed E-state index contributed by atoms with van der Waals surface area (Å²) in [6.07, 6.45) is 1.19. The lowest BCUT2D eigenvalue weighted by Gasteiger charge is -2.09. The molecule has 1 saturated heterocycles. The summed E-state index contributed by atoms with van der Waals surface area (Å²) in [4.78, 5) is 0. The molecule has 0 amide bonds. The highest BCUT2D eigenvalue weighted by molar-refractivity contribution is 8.30. The van der Waals surface area contributed by atoms with Crippen molar-refractivity contribution in [3.05, 3.63) is 0 Å². The van der Waals surface area contributed by atoms with E-state index in [1.165, 1.54) is 6.42 Å². The van der Waals surface area contributed by atoms with Crippen LogP contribution in [-0.2, 0) is 16.8 Å². The monoisotopic (exact) mass is 179 g/mol. The van der Waals surface area contributed by atoms with Crippen LogP contribution in [0.1, 0.15) is 20.3 Å². The Balaban J connectivity index is 2.18. The van der Waals surface area contributed by atoms with E-state index in [-0.39, 0.29) is 0 Å². The average molecular weight is 179 g/mol. The second-order valence-electron chi connectivity index (χ2n) is 3.07. The number of nitrogens with one attached hydrogen (secondary N) is 1. The second kappa shape index (κ2) is 3.91. The number of hydrogen-bond donors (Lipinski definition) is 1. The lowest BCUT2D eigenvalue weighted by molar-refractivity contribution is 0.337. The van der Waals surface area contributed by atoms with Crippen LogP contribution in [0.4, 0.5) is 0 Å². The summed E-state index contributed by atoms with van der Waals surface area (Å²) in [7, 11) is -1.02. The van der Waals surface area contributed by atoms with Crippen molar-refractivity contribution in [2.24, 2.45) is 5.92 Å². The van der Waals surface area contributed by atoms with Crippen molar-refractivity contribution in [1.29, 1.82) is 0 Å². The summed E-state index contributed by atoms with van der Waals surface area (Å²) in [5, 5.41) is 3.28. The van der Waals surface area contributed by atoms with Crippen LogP contribution in [0.3, 0.4) is 0 Å². The molecule has 0 radical (unpaired) electrons. The molecular formula is C6H14NOPS. The van der Waals surface area contributed by atoms with Crippen molar-refractivity contribution in [2.75, 3.05) is 6.61 Å². The van der Waals surface area contributed by atoms with Crippen LogP contribution in [0.15, 0.2) is 0 Å². The van der Waals surface area contributed by atoms with Crippen molar-refractivity contribution < 1.29 is 4.52 Å². The van der Waals surface area contributed by atoms with E-state index in [2.05, 4.69) is 18.9 Å². The quantitative estimate of drug-likeness (QED) is 0.513. The van der Waals surface area contributed by atoms with Gasteiger partial charge in [-0.2, -0.15) is 5.09 Å². The molecule has 2 unspecified atom stereocenters. The Morgan fingerprint density at radius 2 is 2.50 bits per heavy atom. The molecule has 0 aliphatic carbocycles. The lowest BCUT2D eigenvalue weighted by atomic mass is 10.1. The van der Waals surface area contributed by atoms with Crippen LogP contribution in [-0.4, -0.2) is 12.6 Å². The normalized spacial score (nSPS) is 33.6. The van der Waals surface area contributed by atoms with Crippen LogP contribution in [0.2, 0.25) is 0 Å². The van der Waals surface area contributed by atoms with Crippen molar-refractivity contribution in [3.8, 4) is 0 Å². The molecule has 1 N–H and O–H groups in total. The largest absolute Gasteiger partial charge is 0.508 e. The van der Waals surface area contributed by atoms with E-state index >= 15 is 0 Å². The Morgan fingerprint density at radius 1 is 1.80 bits per heavy atom. The van der Waals surface area contributed by atoms with Crippen LogP contribution >= 0.6 is 7.50 Å². The first-order chi connectivity index (χ1) is 4.68. The van der Waals surface area contributed by atoms with Crippen LogP contribution < -0.4 is 5.09 Å². The molecule has 0 aromatic rings. The molecule has 60 valence electrons. The van der Waals surface area contributed by atoms with Gasteiger partial charge in [0.25, 0.3) is 0 Å². The van der Waals surface area contributed by atoms with E-state index in [0.717, 1.165) is 12.5 Å². The van der Waals surface area contributed by atoms with Gasteiger partial charge in [-0.3, -0.25) is 0 Å². The highest BCUT2D eigenvalue weighted by atomic mass is 32.7. The molecule has 1 aliphatic heterocycles. The zero-order chi connectivity index (χ0) is 7.56. The summed E-state index contributed by atoms with van der Waals surface area (Å²) >= 11 is 5.00. The third-order valence-corrected chi connectivity index (χ3v) is 3.27. The molecular weight excluding hydrogens is 165 g/mol. The Bertz CT molecular complexity index is 112. The Kier molecular flexibility index (Phi) is 3.44. The van der Waals surface area contributed by atoms with Crippen LogP contribution in [0.5, 0.6) is 0 Å². The average Bonchev–Trinajstić information content (AvgIpc) is 2.13. The zero-order valence-corrected chi connectivity index (χ0v) is 8.20. The highest BCUT2D eigenvalue weighted by Gasteiger charge is 2.23. The van der Waals surface area contributed by atoms with Crippen molar-refractivity contribution in [3.63, 3.8) is 0 Å². The van der Waals surface area contributed by atoms with Gasteiger partial charge in [0, 0.05) is 0 Å². The SMILES string of the molecule is CC(C)CC1CO[PH+]([S-])N1. The maximum Gasteiger partial charge on any atom is 0.109 e. The minimum Gasteiger partial charge on any atom is -0.508 e. The smallest absolute Gasteiger partial charge is 0.109 e. The zero-order valence-electron chi connectivity index (χ0n) is 6.39. The summed E-state index contributed by atoms with van der Waals surface area (Å²) in [6.45, 7) is 5.27.